The molecular formula is C13H16N2O2. The molecule has 1 N–H and O–H groups in total. The third-order valence-corrected chi connectivity index (χ3v) is 3.06. The minimum Gasteiger partial charge on any atom is -0.490 e. The molecule has 2 aromatic rings. The van der Waals surface area contributed by atoms with Crippen molar-refractivity contribution in [2.24, 2.45) is 0 Å². The van der Waals surface area contributed by atoms with Crippen LogP contribution >= 0.6 is 0 Å². The molecule has 0 spiro atoms. The summed E-state index contributed by atoms with van der Waals surface area (Å²) < 4.78 is 11.4. The highest BCUT2D eigenvalue weighted by Gasteiger charge is 2.15. The number of nitrogens with zero attached hydrogens (tertiary/aromatic N) is 1. The van der Waals surface area contributed by atoms with Crippen LogP contribution in [-0.2, 0) is 0 Å². The average Bonchev–Trinajstić information content (AvgIpc) is 2.70. The first kappa shape index (κ1) is 10.6. The van der Waals surface area contributed by atoms with E-state index in [2.05, 4.69) is 10.3 Å². The van der Waals surface area contributed by atoms with Crippen molar-refractivity contribution in [3.63, 3.8) is 0 Å². The van der Waals surface area contributed by atoms with Crippen molar-refractivity contribution >= 4 is 11.1 Å². The van der Waals surface area contributed by atoms with Crippen LogP contribution in [-0.4, -0.2) is 24.2 Å². The van der Waals surface area contributed by atoms with Crippen LogP contribution in [0.25, 0.3) is 11.1 Å². The van der Waals surface area contributed by atoms with Crippen molar-refractivity contribution in [2.45, 2.75) is 25.9 Å². The van der Waals surface area contributed by atoms with Gasteiger partial charge >= 0.3 is 0 Å². The smallest absolute Gasteiger partial charge is 0.192 e. The van der Waals surface area contributed by atoms with Gasteiger partial charge in [0.2, 0.25) is 0 Å². The predicted molar refractivity (Wildman–Crippen MR) is 65.3 cm³/mol. The molecule has 1 fully saturated rings. The highest BCUT2D eigenvalue weighted by atomic mass is 16.5. The van der Waals surface area contributed by atoms with Crippen molar-refractivity contribution in [2.75, 3.05) is 13.1 Å². The molecule has 1 aromatic heterocycles. The van der Waals surface area contributed by atoms with E-state index in [1.165, 1.54) is 0 Å². The summed E-state index contributed by atoms with van der Waals surface area (Å²) in [5.74, 6) is 1.57. The topological polar surface area (TPSA) is 47.3 Å². The molecule has 17 heavy (non-hydrogen) atoms. The van der Waals surface area contributed by atoms with Crippen LogP contribution in [0.2, 0.25) is 0 Å². The van der Waals surface area contributed by atoms with Crippen molar-refractivity contribution in [3.8, 4) is 5.75 Å². The van der Waals surface area contributed by atoms with Crippen molar-refractivity contribution in [1.82, 2.24) is 10.3 Å². The molecule has 90 valence electrons. The van der Waals surface area contributed by atoms with Crippen LogP contribution in [0.5, 0.6) is 5.75 Å². The molecule has 3 rings (SSSR count). The van der Waals surface area contributed by atoms with Gasteiger partial charge in [0.1, 0.15) is 17.4 Å². The first-order chi connectivity index (χ1) is 8.31. The maximum absolute atomic E-state index is 5.94. The second-order valence-electron chi connectivity index (χ2n) is 4.43. The van der Waals surface area contributed by atoms with Crippen LogP contribution in [0.15, 0.2) is 22.6 Å². The third-order valence-electron chi connectivity index (χ3n) is 3.06. The fourth-order valence-electron chi connectivity index (χ4n) is 2.20. The van der Waals surface area contributed by atoms with Crippen LogP contribution in [0, 0.1) is 6.92 Å². The van der Waals surface area contributed by atoms with Crippen LogP contribution in [0.4, 0.5) is 0 Å². The lowest BCUT2D eigenvalue weighted by Gasteiger charge is -2.23. The Balaban J connectivity index is 1.79. The number of aromatic nitrogens is 1. The Hall–Kier alpha value is -1.55. The summed E-state index contributed by atoms with van der Waals surface area (Å²) >= 11 is 0. The fraction of sp³-hybridized carbons (Fsp3) is 0.462. The molecule has 2 heterocycles. The monoisotopic (exact) mass is 232 g/mol. The average molecular weight is 232 g/mol. The first-order valence-corrected chi connectivity index (χ1v) is 6.06. The number of hydrogen-bond donors (Lipinski definition) is 1. The van der Waals surface area contributed by atoms with Crippen LogP contribution in [0.3, 0.4) is 0 Å². The van der Waals surface area contributed by atoms with Crippen molar-refractivity contribution in [1.29, 1.82) is 0 Å². The Morgan fingerprint density at radius 1 is 1.35 bits per heavy atom. The summed E-state index contributed by atoms with van der Waals surface area (Å²) in [5.41, 5.74) is 1.69. The van der Waals surface area contributed by atoms with E-state index in [1.807, 2.05) is 25.1 Å². The van der Waals surface area contributed by atoms with Crippen LogP contribution < -0.4 is 10.1 Å². The molecule has 0 saturated carbocycles. The van der Waals surface area contributed by atoms with E-state index >= 15 is 0 Å². The summed E-state index contributed by atoms with van der Waals surface area (Å²) in [7, 11) is 0. The molecule has 1 aliphatic heterocycles. The van der Waals surface area contributed by atoms with Crippen molar-refractivity contribution in [3.05, 3.63) is 24.1 Å². The van der Waals surface area contributed by atoms with E-state index in [0.717, 1.165) is 42.8 Å². The lowest BCUT2D eigenvalue weighted by molar-refractivity contribution is 0.162. The van der Waals surface area contributed by atoms with Crippen LogP contribution in [0.1, 0.15) is 18.7 Å². The number of piperidine rings is 1. The zero-order valence-electron chi connectivity index (χ0n) is 9.90. The zero-order valence-corrected chi connectivity index (χ0v) is 9.90. The molecule has 0 bridgehead atoms. The number of fused-ring (bicyclic) bond motifs is 1. The Labute approximate surface area is 100.0 Å². The molecule has 0 amide bonds. The van der Waals surface area contributed by atoms with Gasteiger partial charge in [0.15, 0.2) is 11.5 Å². The molecule has 1 aliphatic rings. The van der Waals surface area contributed by atoms with E-state index in [9.17, 15) is 0 Å². The third kappa shape index (κ3) is 2.26. The molecule has 4 heteroatoms. The van der Waals surface area contributed by atoms with Gasteiger partial charge in [-0.25, -0.2) is 4.98 Å². The molecule has 0 radical (unpaired) electrons. The van der Waals surface area contributed by atoms with Gasteiger partial charge in [-0.15, -0.1) is 0 Å². The number of hydrogen-bond acceptors (Lipinski definition) is 4. The van der Waals surface area contributed by atoms with E-state index in [-0.39, 0.29) is 0 Å². The van der Waals surface area contributed by atoms with E-state index in [1.54, 1.807) is 0 Å². The van der Waals surface area contributed by atoms with Gasteiger partial charge in [-0.1, -0.05) is 0 Å². The summed E-state index contributed by atoms with van der Waals surface area (Å²) in [4.78, 5) is 4.27. The standard InChI is InChI=1S/C13H16N2O2/c1-9-15-12-3-2-11(8-13(12)16-9)17-10-4-6-14-7-5-10/h2-3,8,10,14H,4-7H2,1H3. The molecule has 0 aliphatic carbocycles. The summed E-state index contributed by atoms with van der Waals surface area (Å²) in [5, 5.41) is 3.32. The number of benzene rings is 1. The summed E-state index contributed by atoms with van der Waals surface area (Å²) in [6.45, 7) is 3.93. The molecule has 0 unspecified atom stereocenters. The quantitative estimate of drug-likeness (QED) is 0.862. The maximum Gasteiger partial charge on any atom is 0.192 e. The lowest BCUT2D eigenvalue weighted by atomic mass is 10.1. The summed E-state index contributed by atoms with van der Waals surface area (Å²) in [6, 6.07) is 5.84. The molecule has 4 nitrogen and oxygen atoms in total. The molecule has 1 saturated heterocycles. The normalized spacial score (nSPS) is 17.5. The number of nitrogens with one attached hydrogen (secondary N) is 1. The molecule has 1 aromatic carbocycles. The lowest BCUT2D eigenvalue weighted by Crippen LogP contribution is -2.34. The number of rotatable bonds is 2. The highest BCUT2D eigenvalue weighted by molar-refractivity contribution is 5.74. The molecule has 0 atom stereocenters. The van der Waals surface area contributed by atoms with Crippen molar-refractivity contribution < 1.29 is 9.15 Å². The summed E-state index contributed by atoms with van der Waals surface area (Å²) in [6.07, 6.45) is 2.44. The second-order valence-corrected chi connectivity index (χ2v) is 4.43. The number of oxazole rings is 1. The van der Waals surface area contributed by atoms with Gasteiger partial charge in [0.05, 0.1) is 0 Å². The molecular weight excluding hydrogens is 216 g/mol. The Morgan fingerprint density at radius 3 is 3.00 bits per heavy atom. The Kier molecular flexibility index (Phi) is 2.73. The van der Waals surface area contributed by atoms with E-state index in [0.29, 0.717) is 12.0 Å². The van der Waals surface area contributed by atoms with E-state index in [4.69, 9.17) is 9.15 Å². The van der Waals surface area contributed by atoms with Gasteiger partial charge in [-0.2, -0.15) is 0 Å². The first-order valence-electron chi connectivity index (χ1n) is 6.06. The zero-order chi connectivity index (χ0) is 11.7. The number of aryl methyl sites for hydroxylation is 1. The second kappa shape index (κ2) is 4.37. The number of ether oxygens (including phenoxy) is 1. The predicted octanol–water partition coefficient (Wildman–Crippen LogP) is 2.27. The Bertz CT molecular complexity index is 515. The Morgan fingerprint density at radius 2 is 2.18 bits per heavy atom. The minimum atomic E-state index is 0.317. The van der Waals surface area contributed by atoms with Gasteiger partial charge in [0, 0.05) is 13.0 Å². The largest absolute Gasteiger partial charge is 0.490 e. The van der Waals surface area contributed by atoms with Gasteiger partial charge in [-0.3, -0.25) is 0 Å². The maximum atomic E-state index is 5.94. The SMILES string of the molecule is Cc1nc2ccc(OC3CCNCC3)cc2o1. The fourth-order valence-corrected chi connectivity index (χ4v) is 2.20. The van der Waals surface area contributed by atoms with Gasteiger partial charge in [0.25, 0.3) is 0 Å². The minimum absolute atomic E-state index is 0.317. The van der Waals surface area contributed by atoms with Gasteiger partial charge < -0.3 is 14.5 Å². The van der Waals surface area contributed by atoms with E-state index < -0.39 is 0 Å². The van der Waals surface area contributed by atoms with Gasteiger partial charge in [-0.05, 0) is 38.1 Å². The highest BCUT2D eigenvalue weighted by Crippen LogP contribution is 2.23.